The smallest absolute Gasteiger partial charge is 0.253 e. The molecule has 4 nitrogen and oxygen atoms in total. The zero-order chi connectivity index (χ0) is 14.6. The van der Waals surface area contributed by atoms with E-state index in [4.69, 9.17) is 5.73 Å². The number of benzene rings is 1. The first kappa shape index (κ1) is 15.5. The topological polar surface area (TPSA) is 58.4 Å². The van der Waals surface area contributed by atoms with E-state index in [2.05, 4.69) is 24.1 Å². The number of rotatable bonds is 5. The van der Waals surface area contributed by atoms with E-state index in [9.17, 15) is 4.79 Å². The van der Waals surface area contributed by atoms with Gasteiger partial charge >= 0.3 is 0 Å². The molecular weight excluding hydrogens is 238 g/mol. The van der Waals surface area contributed by atoms with E-state index >= 15 is 0 Å². The molecule has 0 heterocycles. The second-order valence-corrected chi connectivity index (χ2v) is 5.68. The van der Waals surface area contributed by atoms with Crippen LogP contribution < -0.4 is 11.1 Å². The summed E-state index contributed by atoms with van der Waals surface area (Å²) in [6.45, 7) is 6.98. The summed E-state index contributed by atoms with van der Waals surface area (Å²) in [7, 11) is 4.01. The van der Waals surface area contributed by atoms with Crippen molar-refractivity contribution in [1.29, 1.82) is 0 Å². The summed E-state index contributed by atoms with van der Waals surface area (Å²) >= 11 is 0. The molecule has 0 saturated heterocycles. The van der Waals surface area contributed by atoms with Gasteiger partial charge in [0.1, 0.15) is 0 Å². The van der Waals surface area contributed by atoms with Gasteiger partial charge in [-0.3, -0.25) is 4.79 Å². The lowest BCUT2D eigenvalue weighted by Crippen LogP contribution is -2.45. The maximum atomic E-state index is 12.3. The molecule has 1 aromatic carbocycles. The molecule has 0 bridgehead atoms. The summed E-state index contributed by atoms with van der Waals surface area (Å²) < 4.78 is 0. The van der Waals surface area contributed by atoms with Crippen molar-refractivity contribution in [3.8, 4) is 0 Å². The normalized spacial score (nSPS) is 12.8. The summed E-state index contributed by atoms with van der Waals surface area (Å²) in [6.07, 6.45) is 0. The van der Waals surface area contributed by atoms with Gasteiger partial charge in [0.15, 0.2) is 0 Å². The van der Waals surface area contributed by atoms with Crippen molar-refractivity contribution in [2.75, 3.05) is 26.4 Å². The van der Waals surface area contributed by atoms with Crippen LogP contribution in [0, 0.1) is 12.8 Å². The number of amides is 1. The molecule has 0 aromatic heterocycles. The maximum Gasteiger partial charge on any atom is 0.253 e. The van der Waals surface area contributed by atoms with Crippen LogP contribution in [0.15, 0.2) is 18.2 Å². The summed E-state index contributed by atoms with van der Waals surface area (Å²) in [4.78, 5) is 14.4. The Hall–Kier alpha value is -1.55. The lowest BCUT2D eigenvalue weighted by molar-refractivity contribution is 0.0917. The van der Waals surface area contributed by atoms with Gasteiger partial charge in [-0.05, 0) is 39.1 Å². The first-order valence-electron chi connectivity index (χ1n) is 6.63. The number of likely N-dealkylation sites (N-methyl/N-ethyl adjacent to an activating group) is 1. The molecule has 4 heteroatoms. The minimum absolute atomic E-state index is 0.0956. The Morgan fingerprint density at radius 1 is 1.37 bits per heavy atom. The van der Waals surface area contributed by atoms with Gasteiger partial charge in [0.2, 0.25) is 0 Å². The van der Waals surface area contributed by atoms with Gasteiger partial charge in [-0.2, -0.15) is 0 Å². The van der Waals surface area contributed by atoms with E-state index in [1.807, 2.05) is 33.2 Å². The number of nitrogen functional groups attached to an aromatic ring is 1. The number of hydrogen-bond donors (Lipinski definition) is 2. The zero-order valence-electron chi connectivity index (χ0n) is 12.5. The van der Waals surface area contributed by atoms with E-state index in [0.717, 1.165) is 12.1 Å². The molecule has 0 aliphatic rings. The van der Waals surface area contributed by atoms with Crippen molar-refractivity contribution in [2.24, 2.45) is 5.92 Å². The van der Waals surface area contributed by atoms with Crippen LogP contribution in [0.1, 0.15) is 29.8 Å². The number of aryl methyl sites for hydroxylation is 1. The fourth-order valence-electron chi connectivity index (χ4n) is 1.93. The maximum absolute atomic E-state index is 12.3. The summed E-state index contributed by atoms with van der Waals surface area (Å²) in [5, 5.41) is 3.07. The van der Waals surface area contributed by atoms with Gasteiger partial charge in [0.05, 0.1) is 5.56 Å². The number of nitrogens with zero attached hydrogens (tertiary/aromatic N) is 1. The van der Waals surface area contributed by atoms with Crippen LogP contribution in [0.4, 0.5) is 5.69 Å². The molecule has 1 amide bonds. The highest BCUT2D eigenvalue weighted by Crippen LogP contribution is 2.14. The Morgan fingerprint density at radius 2 is 2.00 bits per heavy atom. The van der Waals surface area contributed by atoms with Crippen molar-refractivity contribution in [3.63, 3.8) is 0 Å². The summed E-state index contributed by atoms with van der Waals surface area (Å²) in [5.41, 5.74) is 7.99. The van der Waals surface area contributed by atoms with Gasteiger partial charge in [0, 0.05) is 18.3 Å². The molecule has 0 saturated carbocycles. The molecule has 3 N–H and O–H groups in total. The van der Waals surface area contributed by atoms with E-state index in [-0.39, 0.29) is 11.9 Å². The van der Waals surface area contributed by atoms with E-state index in [0.29, 0.717) is 17.2 Å². The Morgan fingerprint density at radius 3 is 2.53 bits per heavy atom. The number of nitrogens with one attached hydrogen (secondary N) is 1. The molecule has 1 aromatic rings. The number of hydrogen-bond acceptors (Lipinski definition) is 3. The van der Waals surface area contributed by atoms with Crippen LogP contribution in [0.2, 0.25) is 0 Å². The van der Waals surface area contributed by atoms with Crippen LogP contribution in [-0.2, 0) is 0 Å². The number of nitrogens with two attached hydrogens (primary N) is 1. The largest absolute Gasteiger partial charge is 0.398 e. The van der Waals surface area contributed by atoms with Gasteiger partial charge in [-0.1, -0.05) is 25.5 Å². The monoisotopic (exact) mass is 263 g/mol. The molecule has 1 atom stereocenters. The molecule has 0 aliphatic heterocycles. The van der Waals surface area contributed by atoms with E-state index < -0.39 is 0 Å². The first-order valence-corrected chi connectivity index (χ1v) is 6.63. The quantitative estimate of drug-likeness (QED) is 0.798. The Kier molecular flexibility index (Phi) is 5.36. The fraction of sp³-hybridized carbons (Fsp3) is 0.533. The Balaban J connectivity index is 2.84. The predicted molar refractivity (Wildman–Crippen MR) is 80.2 cm³/mol. The highest BCUT2D eigenvalue weighted by molar-refractivity contribution is 5.99. The summed E-state index contributed by atoms with van der Waals surface area (Å²) in [5.74, 6) is 0.277. The van der Waals surface area contributed by atoms with Crippen molar-refractivity contribution in [2.45, 2.75) is 26.8 Å². The van der Waals surface area contributed by atoms with Crippen molar-refractivity contribution in [3.05, 3.63) is 29.3 Å². The third-order valence-electron chi connectivity index (χ3n) is 3.14. The van der Waals surface area contributed by atoms with Gasteiger partial charge < -0.3 is 16.0 Å². The number of anilines is 1. The molecule has 0 spiro atoms. The van der Waals surface area contributed by atoms with Crippen LogP contribution >= 0.6 is 0 Å². The SMILES string of the molecule is Cc1ccc(N)c(C(=O)NC(CN(C)C)C(C)C)c1. The van der Waals surface area contributed by atoms with Gasteiger partial charge in [-0.15, -0.1) is 0 Å². The molecule has 106 valence electrons. The fourth-order valence-corrected chi connectivity index (χ4v) is 1.93. The van der Waals surface area contributed by atoms with Crippen molar-refractivity contribution < 1.29 is 4.79 Å². The van der Waals surface area contributed by atoms with Crippen LogP contribution in [0.5, 0.6) is 0 Å². The third-order valence-corrected chi connectivity index (χ3v) is 3.14. The van der Waals surface area contributed by atoms with E-state index in [1.54, 1.807) is 6.07 Å². The minimum atomic E-state index is -0.0956. The number of carbonyl (C=O) groups is 1. The van der Waals surface area contributed by atoms with Crippen molar-refractivity contribution in [1.82, 2.24) is 10.2 Å². The predicted octanol–water partition coefficient (Wildman–Crippen LogP) is 1.89. The molecule has 0 radical (unpaired) electrons. The second kappa shape index (κ2) is 6.57. The van der Waals surface area contributed by atoms with Crippen LogP contribution in [0.3, 0.4) is 0 Å². The lowest BCUT2D eigenvalue weighted by atomic mass is 10.0. The average Bonchev–Trinajstić information content (AvgIpc) is 2.30. The summed E-state index contributed by atoms with van der Waals surface area (Å²) in [6, 6.07) is 5.63. The second-order valence-electron chi connectivity index (χ2n) is 5.68. The molecule has 0 aliphatic carbocycles. The van der Waals surface area contributed by atoms with Crippen molar-refractivity contribution >= 4 is 11.6 Å². The molecular formula is C15H25N3O. The number of carbonyl (C=O) groups excluding carboxylic acids is 1. The highest BCUT2D eigenvalue weighted by Gasteiger charge is 2.19. The van der Waals surface area contributed by atoms with Gasteiger partial charge in [0.25, 0.3) is 5.91 Å². The minimum Gasteiger partial charge on any atom is -0.398 e. The van der Waals surface area contributed by atoms with E-state index in [1.165, 1.54) is 0 Å². The molecule has 0 fully saturated rings. The van der Waals surface area contributed by atoms with Crippen LogP contribution in [-0.4, -0.2) is 37.5 Å². The Labute approximate surface area is 116 Å². The molecule has 1 unspecified atom stereocenters. The molecule has 1 rings (SSSR count). The average molecular weight is 263 g/mol. The first-order chi connectivity index (χ1) is 8.81. The molecule has 19 heavy (non-hydrogen) atoms. The Bertz CT molecular complexity index is 441. The third kappa shape index (κ3) is 4.56. The lowest BCUT2D eigenvalue weighted by Gasteiger charge is -2.26. The van der Waals surface area contributed by atoms with Crippen LogP contribution in [0.25, 0.3) is 0 Å². The standard InChI is InChI=1S/C15H25N3O/c1-10(2)14(9-18(4)5)17-15(19)12-8-11(3)6-7-13(12)16/h6-8,10,14H,9,16H2,1-5H3,(H,17,19). The zero-order valence-corrected chi connectivity index (χ0v) is 12.5. The highest BCUT2D eigenvalue weighted by atomic mass is 16.1. The van der Waals surface area contributed by atoms with Gasteiger partial charge in [-0.25, -0.2) is 0 Å².